The molecule has 24 heavy (non-hydrogen) atoms. The van der Waals surface area contributed by atoms with Gasteiger partial charge in [0.25, 0.3) is 0 Å². The van der Waals surface area contributed by atoms with Crippen LogP contribution in [0, 0.1) is 0 Å². The van der Waals surface area contributed by atoms with Crippen LogP contribution in [0.5, 0.6) is 0 Å². The van der Waals surface area contributed by atoms with Gasteiger partial charge in [0.15, 0.2) is 0 Å². The van der Waals surface area contributed by atoms with Gasteiger partial charge in [-0.1, -0.05) is 12.1 Å². The Morgan fingerprint density at radius 1 is 1.12 bits per heavy atom. The third-order valence-corrected chi connectivity index (χ3v) is 4.71. The van der Waals surface area contributed by atoms with Crippen molar-refractivity contribution in [2.45, 2.75) is 6.04 Å². The van der Waals surface area contributed by atoms with Crippen molar-refractivity contribution in [3.63, 3.8) is 0 Å². The molecule has 3 heterocycles. The van der Waals surface area contributed by atoms with E-state index in [0.29, 0.717) is 11.8 Å². The maximum atomic E-state index is 6.14. The molecular weight excluding hydrogens is 302 g/mol. The molecule has 1 aliphatic rings. The van der Waals surface area contributed by atoms with Gasteiger partial charge >= 0.3 is 0 Å². The van der Waals surface area contributed by atoms with E-state index in [4.69, 9.17) is 10.7 Å². The molecule has 1 aliphatic heterocycles. The van der Waals surface area contributed by atoms with E-state index in [1.165, 1.54) is 0 Å². The molecule has 4 rings (SSSR count). The maximum Gasteiger partial charge on any atom is 0.227 e. The van der Waals surface area contributed by atoms with Crippen molar-refractivity contribution in [3.8, 4) is 0 Å². The minimum Gasteiger partial charge on any atom is -0.383 e. The van der Waals surface area contributed by atoms with Gasteiger partial charge in [0.05, 0.1) is 11.6 Å². The number of rotatable bonds is 2. The van der Waals surface area contributed by atoms with Crippen molar-refractivity contribution in [2.75, 3.05) is 37.3 Å². The van der Waals surface area contributed by atoms with E-state index in [1.54, 1.807) is 0 Å². The molecule has 0 aliphatic carbocycles. The first-order chi connectivity index (χ1) is 11.6. The summed E-state index contributed by atoms with van der Waals surface area (Å²) in [7, 11) is 4.16. The quantitative estimate of drug-likeness (QED) is 0.769. The molecule has 0 bridgehead atoms. The van der Waals surface area contributed by atoms with Gasteiger partial charge in [-0.15, -0.1) is 0 Å². The molecule has 0 amide bonds. The second-order valence-electron chi connectivity index (χ2n) is 6.26. The van der Waals surface area contributed by atoms with Crippen LogP contribution in [0.15, 0.2) is 36.7 Å². The molecule has 7 heteroatoms. The molecule has 3 aromatic rings. The van der Waals surface area contributed by atoms with Crippen molar-refractivity contribution >= 4 is 22.7 Å². The molecule has 0 saturated carbocycles. The van der Waals surface area contributed by atoms with Crippen LogP contribution < -0.4 is 10.6 Å². The number of piperazine rings is 1. The SMILES string of the molecule is CN1CCN(c2nc(N)c3ccccc3n2)CC1c1nccn1C. The first kappa shape index (κ1) is 14.9. The lowest BCUT2D eigenvalue weighted by Gasteiger charge is -2.39. The predicted octanol–water partition coefficient (Wildman–Crippen LogP) is 1.44. The van der Waals surface area contributed by atoms with Crippen molar-refractivity contribution in [2.24, 2.45) is 7.05 Å². The molecule has 2 aromatic heterocycles. The number of fused-ring (bicyclic) bond motifs is 1. The van der Waals surface area contributed by atoms with Crippen LogP contribution in [-0.4, -0.2) is 51.1 Å². The molecular formula is C17H21N7. The van der Waals surface area contributed by atoms with Gasteiger partial charge in [-0.05, 0) is 19.2 Å². The molecule has 1 unspecified atom stereocenters. The Labute approximate surface area is 140 Å². The summed E-state index contributed by atoms with van der Waals surface area (Å²) in [6.07, 6.45) is 3.82. The smallest absolute Gasteiger partial charge is 0.227 e. The normalized spacial score (nSPS) is 19.1. The highest BCUT2D eigenvalue weighted by molar-refractivity contribution is 5.88. The zero-order chi connectivity index (χ0) is 16.7. The van der Waals surface area contributed by atoms with Gasteiger partial charge < -0.3 is 15.2 Å². The lowest BCUT2D eigenvalue weighted by Crippen LogP contribution is -2.48. The van der Waals surface area contributed by atoms with Gasteiger partial charge in [-0.25, -0.2) is 9.97 Å². The Hall–Kier alpha value is -2.67. The summed E-state index contributed by atoms with van der Waals surface area (Å²) >= 11 is 0. The molecule has 124 valence electrons. The van der Waals surface area contributed by atoms with Gasteiger partial charge in [0.2, 0.25) is 5.95 Å². The number of nitrogens with zero attached hydrogens (tertiary/aromatic N) is 6. The van der Waals surface area contributed by atoms with Crippen LogP contribution in [-0.2, 0) is 7.05 Å². The summed E-state index contributed by atoms with van der Waals surface area (Å²) in [4.78, 5) is 18.3. The summed E-state index contributed by atoms with van der Waals surface area (Å²) in [6, 6.07) is 8.06. The Kier molecular flexibility index (Phi) is 3.57. The second kappa shape index (κ2) is 5.76. The molecule has 7 nitrogen and oxygen atoms in total. The monoisotopic (exact) mass is 323 g/mol. The first-order valence-corrected chi connectivity index (χ1v) is 8.08. The number of hydrogen-bond acceptors (Lipinski definition) is 6. The van der Waals surface area contributed by atoms with Gasteiger partial charge in [0, 0.05) is 44.5 Å². The maximum absolute atomic E-state index is 6.14. The first-order valence-electron chi connectivity index (χ1n) is 8.08. The minimum absolute atomic E-state index is 0.204. The highest BCUT2D eigenvalue weighted by Crippen LogP contribution is 2.27. The minimum atomic E-state index is 0.204. The molecule has 2 N–H and O–H groups in total. The lowest BCUT2D eigenvalue weighted by atomic mass is 10.1. The highest BCUT2D eigenvalue weighted by atomic mass is 15.3. The van der Waals surface area contributed by atoms with E-state index >= 15 is 0 Å². The Bertz CT molecular complexity index is 872. The summed E-state index contributed by atoms with van der Waals surface area (Å²) in [5.74, 6) is 2.28. The van der Waals surface area contributed by atoms with Crippen LogP contribution >= 0.6 is 0 Å². The fourth-order valence-electron chi connectivity index (χ4n) is 3.26. The number of likely N-dealkylation sites (N-methyl/N-ethyl adjacent to an activating group) is 1. The second-order valence-corrected chi connectivity index (χ2v) is 6.26. The standard InChI is InChI=1S/C17H21N7/c1-22-9-10-24(11-14(22)16-19-7-8-23(16)2)17-20-13-6-4-3-5-12(13)15(18)21-17/h3-8,14H,9-11H2,1-2H3,(H2,18,20,21). The molecule has 0 spiro atoms. The van der Waals surface area contributed by atoms with E-state index in [1.807, 2.05) is 43.7 Å². The molecule has 1 fully saturated rings. The molecule has 1 aromatic carbocycles. The fourth-order valence-corrected chi connectivity index (χ4v) is 3.26. The van der Waals surface area contributed by atoms with Gasteiger partial charge in [0.1, 0.15) is 11.6 Å². The molecule has 1 atom stereocenters. The molecule has 1 saturated heterocycles. The van der Waals surface area contributed by atoms with E-state index in [2.05, 4.69) is 31.4 Å². The van der Waals surface area contributed by atoms with E-state index in [-0.39, 0.29) is 6.04 Å². The van der Waals surface area contributed by atoms with Crippen molar-refractivity contribution in [1.82, 2.24) is 24.4 Å². The summed E-state index contributed by atoms with van der Waals surface area (Å²) in [5.41, 5.74) is 7.02. The van der Waals surface area contributed by atoms with Crippen LogP contribution in [0.3, 0.4) is 0 Å². The van der Waals surface area contributed by atoms with Crippen molar-refractivity contribution in [1.29, 1.82) is 0 Å². The van der Waals surface area contributed by atoms with Crippen LogP contribution in [0.4, 0.5) is 11.8 Å². The van der Waals surface area contributed by atoms with E-state index in [9.17, 15) is 0 Å². The van der Waals surface area contributed by atoms with Crippen LogP contribution in [0.25, 0.3) is 10.9 Å². The number of para-hydroxylation sites is 1. The Balaban J connectivity index is 1.68. The number of aryl methyl sites for hydroxylation is 1. The number of nitrogen functional groups attached to an aromatic ring is 1. The molecule has 0 radical (unpaired) electrons. The average molecular weight is 323 g/mol. The third kappa shape index (κ3) is 2.46. The Morgan fingerprint density at radius 3 is 2.75 bits per heavy atom. The van der Waals surface area contributed by atoms with E-state index in [0.717, 1.165) is 36.4 Å². The van der Waals surface area contributed by atoms with Crippen LogP contribution in [0.2, 0.25) is 0 Å². The van der Waals surface area contributed by atoms with E-state index < -0.39 is 0 Å². The number of anilines is 2. The van der Waals surface area contributed by atoms with Gasteiger partial charge in [-0.3, -0.25) is 4.90 Å². The number of hydrogen-bond donors (Lipinski definition) is 1. The number of nitrogens with two attached hydrogens (primary N) is 1. The van der Waals surface area contributed by atoms with Crippen molar-refractivity contribution < 1.29 is 0 Å². The summed E-state index contributed by atoms with van der Waals surface area (Å²) < 4.78 is 2.07. The number of aromatic nitrogens is 4. The lowest BCUT2D eigenvalue weighted by molar-refractivity contribution is 0.208. The number of imidazole rings is 1. The largest absolute Gasteiger partial charge is 0.383 e. The third-order valence-electron chi connectivity index (χ3n) is 4.71. The number of benzene rings is 1. The highest BCUT2D eigenvalue weighted by Gasteiger charge is 2.29. The van der Waals surface area contributed by atoms with Gasteiger partial charge in [-0.2, -0.15) is 4.98 Å². The predicted molar refractivity (Wildman–Crippen MR) is 94.7 cm³/mol. The zero-order valence-corrected chi connectivity index (χ0v) is 13.9. The summed E-state index contributed by atoms with van der Waals surface area (Å²) in [5, 5.41) is 0.899. The zero-order valence-electron chi connectivity index (χ0n) is 13.9. The topological polar surface area (TPSA) is 76.1 Å². The summed E-state index contributed by atoms with van der Waals surface area (Å²) in [6.45, 7) is 2.59. The average Bonchev–Trinajstić information content (AvgIpc) is 3.01. The Morgan fingerprint density at radius 2 is 1.96 bits per heavy atom. The van der Waals surface area contributed by atoms with Crippen LogP contribution in [0.1, 0.15) is 11.9 Å². The fraction of sp³-hybridized carbons (Fsp3) is 0.353. The van der Waals surface area contributed by atoms with Crippen molar-refractivity contribution in [3.05, 3.63) is 42.5 Å².